The molecule has 0 fully saturated rings. The summed E-state index contributed by atoms with van der Waals surface area (Å²) in [6.45, 7) is 5.97. The molecule has 1 N–H and O–H groups in total. The fraction of sp³-hybridized carbons (Fsp3) is 0.211. The molecule has 0 unspecified atom stereocenters. The molecule has 0 spiro atoms. The van der Waals surface area contributed by atoms with Crippen LogP contribution in [0.1, 0.15) is 35.2 Å². The lowest BCUT2D eigenvalue weighted by Crippen LogP contribution is -2.25. The average molecular weight is 324 g/mol. The highest BCUT2D eigenvalue weighted by Gasteiger charge is 2.10. The van der Waals surface area contributed by atoms with Crippen LogP contribution in [0.3, 0.4) is 0 Å². The van der Waals surface area contributed by atoms with Gasteiger partial charge in [0.25, 0.3) is 5.69 Å². The third-order valence-corrected chi connectivity index (χ3v) is 3.76. The van der Waals surface area contributed by atoms with E-state index in [9.17, 15) is 14.9 Å². The largest absolute Gasteiger partial charge is 0.346 e. The van der Waals surface area contributed by atoms with Gasteiger partial charge in [0.1, 0.15) is 0 Å². The van der Waals surface area contributed by atoms with Gasteiger partial charge < -0.3 is 5.32 Å². The number of nitro benzene ring substituents is 1. The molecule has 0 saturated heterocycles. The molecule has 0 aliphatic carbocycles. The van der Waals surface area contributed by atoms with E-state index in [2.05, 4.69) is 11.4 Å². The molecule has 2 rings (SSSR count). The van der Waals surface area contributed by atoms with E-state index in [1.807, 2.05) is 32.9 Å². The Bertz CT molecular complexity index is 797. The first-order valence-electron chi connectivity index (χ1n) is 7.67. The van der Waals surface area contributed by atoms with Crippen molar-refractivity contribution in [3.63, 3.8) is 0 Å². The number of nitrogens with zero attached hydrogens (tertiary/aromatic N) is 1. The first-order chi connectivity index (χ1) is 11.4. The minimum Gasteiger partial charge on any atom is -0.346 e. The summed E-state index contributed by atoms with van der Waals surface area (Å²) in [5.74, 6) is -0.242. The highest BCUT2D eigenvalue weighted by molar-refractivity contribution is 5.92. The van der Waals surface area contributed by atoms with Gasteiger partial charge in [-0.15, -0.1) is 0 Å². The summed E-state index contributed by atoms with van der Waals surface area (Å²) in [6.07, 6.45) is 2.95. The van der Waals surface area contributed by atoms with Crippen LogP contribution in [-0.4, -0.2) is 10.8 Å². The van der Waals surface area contributed by atoms with Crippen molar-refractivity contribution in [3.05, 3.63) is 80.9 Å². The van der Waals surface area contributed by atoms with Crippen molar-refractivity contribution in [2.45, 2.75) is 26.8 Å². The van der Waals surface area contributed by atoms with Gasteiger partial charge in [-0.2, -0.15) is 0 Å². The van der Waals surface area contributed by atoms with Gasteiger partial charge in [-0.25, -0.2) is 0 Å². The van der Waals surface area contributed by atoms with E-state index in [0.29, 0.717) is 5.56 Å². The number of carbonyl (C=O) groups excluding carboxylic acids is 1. The molecule has 0 aliphatic heterocycles. The maximum atomic E-state index is 12.1. The number of aryl methyl sites for hydroxylation is 2. The van der Waals surface area contributed by atoms with Gasteiger partial charge in [0.15, 0.2) is 0 Å². The second-order valence-electron chi connectivity index (χ2n) is 5.78. The van der Waals surface area contributed by atoms with E-state index in [1.165, 1.54) is 23.8 Å². The summed E-state index contributed by atoms with van der Waals surface area (Å²) in [5.41, 5.74) is 3.99. The zero-order valence-corrected chi connectivity index (χ0v) is 13.9. The van der Waals surface area contributed by atoms with Gasteiger partial charge in [0.2, 0.25) is 5.91 Å². The Morgan fingerprint density at radius 3 is 2.62 bits per heavy atom. The van der Waals surface area contributed by atoms with Crippen LogP contribution < -0.4 is 5.32 Å². The number of carbonyl (C=O) groups is 1. The molecule has 5 nitrogen and oxygen atoms in total. The lowest BCUT2D eigenvalue weighted by atomic mass is 10.0. The van der Waals surface area contributed by atoms with Gasteiger partial charge in [-0.3, -0.25) is 14.9 Å². The Morgan fingerprint density at radius 1 is 1.21 bits per heavy atom. The first-order valence-corrected chi connectivity index (χ1v) is 7.67. The van der Waals surface area contributed by atoms with Gasteiger partial charge >= 0.3 is 0 Å². The Labute approximate surface area is 141 Å². The molecule has 0 heterocycles. The second kappa shape index (κ2) is 7.55. The van der Waals surface area contributed by atoms with E-state index < -0.39 is 4.92 Å². The van der Waals surface area contributed by atoms with E-state index in [-0.39, 0.29) is 17.6 Å². The third-order valence-electron chi connectivity index (χ3n) is 3.76. The van der Waals surface area contributed by atoms with Crippen LogP contribution in [0.4, 0.5) is 5.69 Å². The van der Waals surface area contributed by atoms with Crippen LogP contribution in [0.15, 0.2) is 48.5 Å². The standard InChI is InChI=1S/C19H20N2O3/c1-13-7-9-18(14(2)11-13)15(3)20-19(22)10-8-16-5-4-6-17(12-16)21(23)24/h4-12,15H,1-3H3,(H,20,22)/b10-8+/t15-/m1/s1. The molecule has 124 valence electrons. The monoisotopic (exact) mass is 324 g/mol. The number of hydrogen-bond donors (Lipinski definition) is 1. The maximum Gasteiger partial charge on any atom is 0.270 e. The molecule has 2 aromatic rings. The third kappa shape index (κ3) is 4.52. The summed E-state index contributed by atoms with van der Waals surface area (Å²) in [7, 11) is 0. The topological polar surface area (TPSA) is 72.2 Å². The molecule has 24 heavy (non-hydrogen) atoms. The van der Waals surface area contributed by atoms with Crippen LogP contribution in [0, 0.1) is 24.0 Å². The Balaban J connectivity index is 2.04. The van der Waals surface area contributed by atoms with Crippen LogP contribution in [0.25, 0.3) is 6.08 Å². The van der Waals surface area contributed by atoms with Crippen LogP contribution in [0.2, 0.25) is 0 Å². The van der Waals surface area contributed by atoms with Crippen molar-refractivity contribution < 1.29 is 9.72 Å². The lowest BCUT2D eigenvalue weighted by Gasteiger charge is -2.16. The van der Waals surface area contributed by atoms with Gasteiger partial charge in [-0.1, -0.05) is 35.9 Å². The highest BCUT2D eigenvalue weighted by atomic mass is 16.6. The molecule has 0 aromatic heterocycles. The molecule has 5 heteroatoms. The van der Waals surface area contributed by atoms with Crippen molar-refractivity contribution in [2.24, 2.45) is 0 Å². The molecular formula is C19H20N2O3. The number of rotatable bonds is 5. The van der Waals surface area contributed by atoms with Gasteiger partial charge in [-0.05, 0) is 43.5 Å². The zero-order chi connectivity index (χ0) is 17.7. The summed E-state index contributed by atoms with van der Waals surface area (Å²) < 4.78 is 0. The number of nitrogens with one attached hydrogen (secondary N) is 1. The number of amides is 1. The predicted octanol–water partition coefficient (Wildman–Crippen LogP) is 4.10. The zero-order valence-electron chi connectivity index (χ0n) is 13.9. The quantitative estimate of drug-likeness (QED) is 0.511. The Hall–Kier alpha value is -2.95. The molecule has 0 radical (unpaired) electrons. The molecule has 0 aliphatic rings. The normalized spacial score (nSPS) is 12.1. The van der Waals surface area contributed by atoms with Crippen molar-refractivity contribution in [3.8, 4) is 0 Å². The number of hydrogen-bond acceptors (Lipinski definition) is 3. The van der Waals surface area contributed by atoms with E-state index in [1.54, 1.807) is 18.2 Å². The van der Waals surface area contributed by atoms with E-state index in [0.717, 1.165) is 11.1 Å². The highest BCUT2D eigenvalue weighted by Crippen LogP contribution is 2.19. The van der Waals surface area contributed by atoms with Crippen molar-refractivity contribution in [2.75, 3.05) is 0 Å². The summed E-state index contributed by atoms with van der Waals surface area (Å²) in [5, 5.41) is 13.7. The van der Waals surface area contributed by atoms with Crippen molar-refractivity contribution in [1.29, 1.82) is 0 Å². The first kappa shape index (κ1) is 17.4. The fourth-order valence-corrected chi connectivity index (χ4v) is 2.56. The van der Waals surface area contributed by atoms with E-state index in [4.69, 9.17) is 0 Å². The molecular weight excluding hydrogens is 304 g/mol. The minimum atomic E-state index is -0.459. The smallest absolute Gasteiger partial charge is 0.270 e. The average Bonchev–Trinajstić information content (AvgIpc) is 2.53. The summed E-state index contributed by atoms with van der Waals surface area (Å²) in [4.78, 5) is 22.4. The SMILES string of the molecule is Cc1ccc([C@@H](C)NC(=O)/C=C/c2cccc([N+](=O)[O-])c2)c(C)c1. The minimum absolute atomic E-state index is 0.00112. The van der Waals surface area contributed by atoms with Crippen molar-refractivity contribution in [1.82, 2.24) is 5.32 Å². The Morgan fingerprint density at radius 2 is 1.96 bits per heavy atom. The molecule has 0 bridgehead atoms. The summed E-state index contributed by atoms with van der Waals surface area (Å²) >= 11 is 0. The fourth-order valence-electron chi connectivity index (χ4n) is 2.56. The summed E-state index contributed by atoms with van der Waals surface area (Å²) in [6, 6.07) is 12.1. The van der Waals surface area contributed by atoms with E-state index >= 15 is 0 Å². The van der Waals surface area contributed by atoms with Gasteiger partial charge in [0, 0.05) is 18.2 Å². The lowest BCUT2D eigenvalue weighted by molar-refractivity contribution is -0.384. The number of benzene rings is 2. The predicted molar refractivity (Wildman–Crippen MR) is 94.6 cm³/mol. The second-order valence-corrected chi connectivity index (χ2v) is 5.78. The molecule has 0 saturated carbocycles. The van der Waals surface area contributed by atoms with Crippen LogP contribution in [-0.2, 0) is 4.79 Å². The molecule has 1 atom stereocenters. The maximum absolute atomic E-state index is 12.1. The van der Waals surface area contributed by atoms with Crippen LogP contribution >= 0.6 is 0 Å². The molecule has 2 aromatic carbocycles. The van der Waals surface area contributed by atoms with Gasteiger partial charge in [0.05, 0.1) is 11.0 Å². The molecule has 1 amide bonds. The number of non-ortho nitro benzene ring substituents is 1. The van der Waals surface area contributed by atoms with Crippen LogP contribution in [0.5, 0.6) is 0 Å². The number of nitro groups is 1. The Kier molecular flexibility index (Phi) is 5.47. The van der Waals surface area contributed by atoms with Crippen molar-refractivity contribution >= 4 is 17.7 Å².